The zero-order valence-corrected chi connectivity index (χ0v) is 22.1. The van der Waals surface area contributed by atoms with Crippen molar-refractivity contribution in [3.63, 3.8) is 0 Å². The second kappa shape index (κ2) is 9.96. The summed E-state index contributed by atoms with van der Waals surface area (Å²) in [6.45, 7) is 12.6. The second-order valence-electron chi connectivity index (χ2n) is 9.44. The zero-order valence-electron chi connectivity index (χ0n) is 19.7. The first kappa shape index (κ1) is 24.8. The highest BCUT2D eigenvalue weighted by atomic mass is 79.9. The number of ether oxygens (including phenoxy) is 2. The van der Waals surface area contributed by atoms with Gasteiger partial charge in [-0.2, -0.15) is 0 Å². The minimum atomic E-state index is -0.366. The Labute approximate surface area is 203 Å². The van der Waals surface area contributed by atoms with E-state index in [0.29, 0.717) is 28.8 Å². The van der Waals surface area contributed by atoms with Crippen LogP contribution in [0, 0.1) is 25.2 Å². The predicted octanol–water partition coefficient (Wildman–Crippen LogP) is 6.47. The molecular weight excluding hydrogens is 490 g/mol. The average molecular weight is 523 g/mol. The fourth-order valence-corrected chi connectivity index (χ4v) is 6.28. The molecule has 2 aromatic rings. The van der Waals surface area contributed by atoms with Gasteiger partial charge in [0.2, 0.25) is 0 Å². The number of hydrogen-bond acceptors (Lipinski definition) is 5. The van der Waals surface area contributed by atoms with Gasteiger partial charge < -0.3 is 14.8 Å². The monoisotopic (exact) mass is 521 g/mol. The van der Waals surface area contributed by atoms with Crippen LogP contribution in [0.2, 0.25) is 0 Å². The summed E-state index contributed by atoms with van der Waals surface area (Å²) >= 11 is 4.97. The number of halogens is 1. The van der Waals surface area contributed by atoms with Gasteiger partial charge in [-0.25, -0.2) is 4.79 Å². The number of nitrogens with one attached hydrogen (secondary N) is 1. The highest BCUT2D eigenvalue weighted by Crippen LogP contribution is 2.44. The lowest BCUT2D eigenvalue weighted by Crippen LogP contribution is -2.26. The molecule has 1 aromatic carbocycles. The quantitative estimate of drug-likeness (QED) is 0.442. The molecule has 0 saturated heterocycles. The molecule has 174 valence electrons. The molecule has 0 bridgehead atoms. The van der Waals surface area contributed by atoms with Crippen LogP contribution in [0.4, 0.5) is 5.00 Å². The number of hydrogen-bond donors (Lipinski definition) is 1. The Morgan fingerprint density at radius 3 is 2.47 bits per heavy atom. The van der Waals surface area contributed by atoms with Crippen molar-refractivity contribution in [2.24, 2.45) is 11.3 Å². The minimum Gasteiger partial charge on any atom is -0.483 e. The number of thiophene rings is 1. The van der Waals surface area contributed by atoms with E-state index in [9.17, 15) is 9.59 Å². The van der Waals surface area contributed by atoms with Crippen LogP contribution in [0.15, 0.2) is 16.6 Å². The van der Waals surface area contributed by atoms with E-state index in [-0.39, 0.29) is 23.9 Å². The van der Waals surface area contributed by atoms with E-state index in [0.717, 1.165) is 40.4 Å². The van der Waals surface area contributed by atoms with Gasteiger partial charge in [0.15, 0.2) is 6.61 Å². The van der Waals surface area contributed by atoms with Crippen LogP contribution >= 0.6 is 27.3 Å². The van der Waals surface area contributed by atoms with Crippen LogP contribution in [-0.2, 0) is 22.4 Å². The van der Waals surface area contributed by atoms with Gasteiger partial charge in [0.05, 0.1) is 12.2 Å². The highest BCUT2D eigenvalue weighted by Gasteiger charge is 2.34. The Morgan fingerprint density at radius 2 is 1.88 bits per heavy atom. The Kier molecular flexibility index (Phi) is 7.71. The molecule has 0 aliphatic heterocycles. The number of esters is 1. The van der Waals surface area contributed by atoms with Crippen molar-refractivity contribution in [2.45, 2.75) is 60.8 Å². The maximum atomic E-state index is 12.8. The van der Waals surface area contributed by atoms with E-state index in [1.165, 1.54) is 16.2 Å². The third-order valence-corrected chi connectivity index (χ3v) is 7.62. The lowest BCUT2D eigenvalue weighted by Gasteiger charge is -2.33. The summed E-state index contributed by atoms with van der Waals surface area (Å²) in [4.78, 5) is 26.7. The molecule has 5 nitrogen and oxygen atoms in total. The van der Waals surface area contributed by atoms with Crippen LogP contribution in [0.3, 0.4) is 0 Å². The smallest absolute Gasteiger partial charge is 0.341 e. The number of benzene rings is 1. The molecule has 32 heavy (non-hydrogen) atoms. The summed E-state index contributed by atoms with van der Waals surface area (Å²) in [6.07, 6.45) is 2.77. The van der Waals surface area contributed by atoms with Gasteiger partial charge in [-0.05, 0) is 80.2 Å². The van der Waals surface area contributed by atoms with Gasteiger partial charge in [0.1, 0.15) is 10.8 Å². The van der Waals surface area contributed by atoms with Gasteiger partial charge in [-0.3, -0.25) is 4.79 Å². The number of fused-ring (bicyclic) bond motifs is 1. The fourth-order valence-electron chi connectivity index (χ4n) is 4.26. The Balaban J connectivity index is 1.80. The van der Waals surface area contributed by atoms with Crippen molar-refractivity contribution < 1.29 is 19.1 Å². The Hall–Kier alpha value is -1.86. The van der Waals surface area contributed by atoms with Crippen molar-refractivity contribution in [3.8, 4) is 5.75 Å². The summed E-state index contributed by atoms with van der Waals surface area (Å²) in [5.41, 5.74) is 3.66. The molecule has 0 saturated carbocycles. The van der Waals surface area contributed by atoms with E-state index < -0.39 is 0 Å². The second-order valence-corrected chi connectivity index (χ2v) is 11.5. The lowest BCUT2D eigenvalue weighted by atomic mass is 9.72. The van der Waals surface area contributed by atoms with E-state index in [1.54, 1.807) is 6.92 Å². The fraction of sp³-hybridized carbons (Fsp3) is 0.520. The predicted molar refractivity (Wildman–Crippen MR) is 133 cm³/mol. The van der Waals surface area contributed by atoms with Crippen LogP contribution in [0.1, 0.15) is 66.0 Å². The van der Waals surface area contributed by atoms with Gasteiger partial charge in [-0.1, -0.05) is 36.7 Å². The van der Waals surface area contributed by atoms with Crippen LogP contribution < -0.4 is 10.1 Å². The molecule has 3 rings (SSSR count). The summed E-state index contributed by atoms with van der Waals surface area (Å²) in [7, 11) is 0. The molecule has 1 aliphatic rings. The van der Waals surface area contributed by atoms with Crippen molar-refractivity contribution in [1.82, 2.24) is 0 Å². The summed E-state index contributed by atoms with van der Waals surface area (Å²) in [5, 5.41) is 3.50. The molecule has 1 aliphatic carbocycles. The first-order valence-corrected chi connectivity index (χ1v) is 12.6. The lowest BCUT2D eigenvalue weighted by molar-refractivity contribution is -0.118. The molecular formula is C25H32BrNO4S. The molecule has 1 N–H and O–H groups in total. The molecule has 0 fully saturated rings. The maximum absolute atomic E-state index is 12.8. The van der Waals surface area contributed by atoms with E-state index in [2.05, 4.69) is 42.0 Å². The van der Waals surface area contributed by atoms with Crippen molar-refractivity contribution >= 4 is 44.1 Å². The summed E-state index contributed by atoms with van der Waals surface area (Å²) in [6, 6.07) is 3.91. The largest absolute Gasteiger partial charge is 0.483 e. The molecule has 0 radical (unpaired) electrons. The van der Waals surface area contributed by atoms with E-state index in [1.807, 2.05) is 26.0 Å². The number of aryl methyl sites for hydroxylation is 2. The summed E-state index contributed by atoms with van der Waals surface area (Å²) in [5.74, 6) is 0.588. The Morgan fingerprint density at radius 1 is 1.22 bits per heavy atom. The van der Waals surface area contributed by atoms with Crippen molar-refractivity contribution in [3.05, 3.63) is 43.7 Å². The maximum Gasteiger partial charge on any atom is 0.341 e. The number of amides is 1. The average Bonchev–Trinajstić information content (AvgIpc) is 3.03. The number of anilines is 1. The minimum absolute atomic E-state index is 0.126. The number of carbonyl (C=O) groups is 2. The number of carbonyl (C=O) groups excluding carboxylic acids is 2. The topological polar surface area (TPSA) is 64.6 Å². The molecule has 1 amide bonds. The summed E-state index contributed by atoms with van der Waals surface area (Å²) < 4.78 is 12.1. The molecule has 1 unspecified atom stereocenters. The third kappa shape index (κ3) is 5.54. The Bertz CT molecular complexity index is 999. The van der Waals surface area contributed by atoms with Gasteiger partial charge in [0, 0.05) is 9.35 Å². The van der Waals surface area contributed by atoms with Gasteiger partial charge >= 0.3 is 5.97 Å². The highest BCUT2D eigenvalue weighted by molar-refractivity contribution is 9.10. The third-order valence-electron chi connectivity index (χ3n) is 6.00. The van der Waals surface area contributed by atoms with Crippen molar-refractivity contribution in [2.75, 3.05) is 18.5 Å². The number of rotatable bonds is 6. The van der Waals surface area contributed by atoms with Gasteiger partial charge in [0.25, 0.3) is 5.91 Å². The first-order chi connectivity index (χ1) is 15.0. The standard InChI is InChI=1S/C25H32BrNO4S/c1-7-30-24(29)21-18-9-8-16(25(4,5)6)12-19(18)32-23(21)27-20(28)13-31-22-14(2)10-17(26)11-15(22)3/h10-11,16H,7-9,12-13H2,1-6H3,(H,27,28). The zero-order chi connectivity index (χ0) is 23.6. The van der Waals surface area contributed by atoms with Crippen LogP contribution in [0.25, 0.3) is 0 Å². The SMILES string of the molecule is CCOC(=O)c1c(NC(=O)COc2c(C)cc(Br)cc2C)sc2c1CCC(C(C)(C)C)C2. The van der Waals surface area contributed by atoms with Crippen molar-refractivity contribution in [1.29, 1.82) is 0 Å². The molecule has 1 aromatic heterocycles. The van der Waals surface area contributed by atoms with E-state index in [4.69, 9.17) is 9.47 Å². The molecule has 0 spiro atoms. The van der Waals surface area contributed by atoms with E-state index >= 15 is 0 Å². The van der Waals surface area contributed by atoms with Crippen LogP contribution in [0.5, 0.6) is 5.75 Å². The molecule has 1 atom stereocenters. The molecule has 1 heterocycles. The molecule has 7 heteroatoms. The first-order valence-electron chi connectivity index (χ1n) is 11.0. The van der Waals surface area contributed by atoms with Gasteiger partial charge in [-0.15, -0.1) is 11.3 Å². The van der Waals surface area contributed by atoms with Crippen LogP contribution in [-0.4, -0.2) is 25.1 Å². The normalized spacial score (nSPS) is 15.8.